The van der Waals surface area contributed by atoms with E-state index in [2.05, 4.69) is 31.1 Å². The molecule has 13 heteroatoms. The Morgan fingerprint density at radius 2 is 1.97 bits per heavy atom. The van der Waals surface area contributed by atoms with E-state index in [1.54, 1.807) is 30.9 Å². The van der Waals surface area contributed by atoms with Crippen LogP contribution in [0.15, 0.2) is 38.3 Å². The molecule has 1 unspecified atom stereocenters. The van der Waals surface area contributed by atoms with Gasteiger partial charge in [0, 0.05) is 36.9 Å². The highest BCUT2D eigenvalue weighted by atomic mass is 79.9. The number of nitrogens with one attached hydrogen (secondary N) is 1. The quantitative estimate of drug-likeness (QED) is 0.517. The minimum absolute atomic E-state index is 0.0104. The molecule has 1 saturated heterocycles. The average molecular weight is 550 g/mol. The summed E-state index contributed by atoms with van der Waals surface area (Å²) < 4.78 is 69.9. The minimum Gasteiger partial charge on any atom is -0.368 e. The van der Waals surface area contributed by atoms with Crippen molar-refractivity contribution >= 4 is 43.0 Å². The van der Waals surface area contributed by atoms with Crippen molar-refractivity contribution in [3.8, 4) is 11.4 Å². The van der Waals surface area contributed by atoms with Crippen molar-refractivity contribution < 1.29 is 21.6 Å². The van der Waals surface area contributed by atoms with Gasteiger partial charge in [0.1, 0.15) is 10.0 Å². The lowest BCUT2D eigenvalue weighted by atomic mass is 10.0. The van der Waals surface area contributed by atoms with E-state index in [1.807, 2.05) is 0 Å². The fraction of sp³-hybridized carbons (Fsp3) is 0.368. The van der Waals surface area contributed by atoms with E-state index in [0.717, 1.165) is 17.4 Å². The molecule has 1 atom stereocenters. The van der Waals surface area contributed by atoms with Crippen molar-refractivity contribution in [3.63, 3.8) is 0 Å². The highest BCUT2D eigenvalue weighted by Crippen LogP contribution is 2.40. The topological polar surface area (TPSA) is 82.2 Å². The number of sulfonamides is 1. The monoisotopic (exact) mass is 549 g/mol. The molecule has 1 aliphatic rings. The van der Waals surface area contributed by atoms with Crippen LogP contribution in [-0.4, -0.2) is 53.6 Å². The summed E-state index contributed by atoms with van der Waals surface area (Å²) in [5, 5.41) is 6.56. The maximum absolute atomic E-state index is 13.9. The zero-order valence-electron chi connectivity index (χ0n) is 17.0. The molecule has 2 aromatic heterocycles. The van der Waals surface area contributed by atoms with Crippen molar-refractivity contribution in [2.45, 2.75) is 30.3 Å². The van der Waals surface area contributed by atoms with Crippen LogP contribution < -0.4 is 4.90 Å². The molecule has 1 aromatic carbocycles. The van der Waals surface area contributed by atoms with Crippen LogP contribution in [0.5, 0.6) is 0 Å². The number of piperazine rings is 1. The van der Waals surface area contributed by atoms with E-state index in [9.17, 15) is 21.6 Å². The molecule has 0 aliphatic carbocycles. The number of alkyl halides is 3. The largest absolute Gasteiger partial charge is 0.418 e. The second kappa shape index (κ2) is 8.43. The molecule has 1 fully saturated rings. The number of benzene rings is 1. The fourth-order valence-electron chi connectivity index (χ4n) is 3.72. The van der Waals surface area contributed by atoms with Crippen LogP contribution in [0.25, 0.3) is 11.4 Å². The number of thiophene rings is 1. The van der Waals surface area contributed by atoms with Crippen LogP contribution in [0.4, 0.5) is 18.9 Å². The van der Waals surface area contributed by atoms with E-state index >= 15 is 0 Å². The molecule has 7 nitrogen and oxygen atoms in total. The standard InChI is InChI=1S/C19H19BrF3N5O2S2/c1-11-10-27(7-8-28(11)32(29,30)17-6-5-16(20)31-17)15-4-3-13(9-14(15)19(21,22)23)18-24-12(2)25-26-18/h3-6,9,11H,7-8,10H2,1-2H3,(H,24,25,26). The predicted octanol–water partition coefficient (Wildman–Crippen LogP) is 4.52. The van der Waals surface area contributed by atoms with Crippen LogP contribution >= 0.6 is 27.3 Å². The molecular weight excluding hydrogens is 531 g/mol. The van der Waals surface area contributed by atoms with Gasteiger partial charge in [0.15, 0.2) is 5.82 Å². The molecule has 172 valence electrons. The summed E-state index contributed by atoms with van der Waals surface area (Å²) >= 11 is 4.37. The number of aromatic amines is 1. The maximum atomic E-state index is 13.9. The maximum Gasteiger partial charge on any atom is 0.418 e. The van der Waals surface area contributed by atoms with Gasteiger partial charge in [-0.3, -0.25) is 5.10 Å². The van der Waals surface area contributed by atoms with Gasteiger partial charge in [-0.25, -0.2) is 13.4 Å². The van der Waals surface area contributed by atoms with Gasteiger partial charge in [-0.15, -0.1) is 11.3 Å². The number of hydrogen-bond acceptors (Lipinski definition) is 6. The predicted molar refractivity (Wildman–Crippen MR) is 119 cm³/mol. The van der Waals surface area contributed by atoms with E-state index in [4.69, 9.17) is 0 Å². The van der Waals surface area contributed by atoms with Gasteiger partial charge in [0.2, 0.25) is 0 Å². The number of nitrogens with zero attached hydrogens (tertiary/aromatic N) is 4. The van der Waals surface area contributed by atoms with Gasteiger partial charge < -0.3 is 4.90 Å². The van der Waals surface area contributed by atoms with Gasteiger partial charge in [0.25, 0.3) is 10.0 Å². The Bertz CT molecular complexity index is 1240. The van der Waals surface area contributed by atoms with E-state index < -0.39 is 27.8 Å². The summed E-state index contributed by atoms with van der Waals surface area (Å²) in [4.78, 5) is 5.68. The molecule has 1 aliphatic heterocycles. The molecular formula is C19H19BrF3N5O2S2. The Hall–Kier alpha value is -1.96. The smallest absolute Gasteiger partial charge is 0.368 e. The van der Waals surface area contributed by atoms with Crippen molar-refractivity contribution in [1.82, 2.24) is 19.5 Å². The lowest BCUT2D eigenvalue weighted by Crippen LogP contribution is -2.54. The molecule has 4 rings (SSSR count). The third kappa shape index (κ3) is 4.43. The number of aryl methyl sites for hydroxylation is 1. The molecule has 0 radical (unpaired) electrons. The molecule has 0 amide bonds. The van der Waals surface area contributed by atoms with E-state index in [-0.39, 0.29) is 40.9 Å². The molecule has 1 N–H and O–H groups in total. The van der Waals surface area contributed by atoms with Gasteiger partial charge in [-0.2, -0.15) is 22.6 Å². The van der Waals surface area contributed by atoms with Crippen LogP contribution in [0.1, 0.15) is 18.3 Å². The summed E-state index contributed by atoms with van der Waals surface area (Å²) in [6.45, 7) is 3.72. The van der Waals surface area contributed by atoms with Gasteiger partial charge in [-0.05, 0) is 60.1 Å². The highest BCUT2D eigenvalue weighted by molar-refractivity contribution is 9.11. The van der Waals surface area contributed by atoms with Crippen molar-refractivity contribution in [3.05, 3.63) is 45.5 Å². The summed E-state index contributed by atoms with van der Waals surface area (Å²) in [6, 6.07) is 6.65. The first kappa shape index (κ1) is 23.2. The first-order valence-electron chi connectivity index (χ1n) is 9.59. The molecule has 32 heavy (non-hydrogen) atoms. The number of H-pyrrole nitrogens is 1. The number of aromatic nitrogens is 3. The Labute approximate surface area is 195 Å². The first-order valence-corrected chi connectivity index (χ1v) is 12.6. The lowest BCUT2D eigenvalue weighted by Gasteiger charge is -2.40. The zero-order chi connectivity index (χ0) is 23.3. The Morgan fingerprint density at radius 1 is 1.22 bits per heavy atom. The third-order valence-electron chi connectivity index (χ3n) is 5.18. The van der Waals surface area contributed by atoms with E-state index in [1.165, 1.54) is 16.4 Å². The fourth-order valence-corrected chi connectivity index (χ4v) is 7.47. The van der Waals surface area contributed by atoms with Crippen LogP contribution in [0.2, 0.25) is 0 Å². The molecule has 3 heterocycles. The second-order valence-electron chi connectivity index (χ2n) is 7.44. The first-order chi connectivity index (χ1) is 15.0. The average Bonchev–Trinajstić information content (AvgIpc) is 3.35. The molecule has 0 bridgehead atoms. The lowest BCUT2D eigenvalue weighted by molar-refractivity contribution is -0.137. The number of rotatable bonds is 4. The minimum atomic E-state index is -4.59. The number of anilines is 1. The van der Waals surface area contributed by atoms with Crippen LogP contribution in [0, 0.1) is 6.92 Å². The SMILES string of the molecule is Cc1nc(-c2ccc(N3CCN(S(=O)(=O)c4ccc(Br)s4)C(C)C3)c(C(F)(F)F)c2)n[nH]1. The molecule has 0 spiro atoms. The van der Waals surface area contributed by atoms with Crippen LogP contribution in [0.3, 0.4) is 0 Å². The van der Waals surface area contributed by atoms with Crippen LogP contribution in [-0.2, 0) is 16.2 Å². The number of halogens is 4. The summed E-state index contributed by atoms with van der Waals surface area (Å²) in [5.41, 5.74) is -0.539. The molecule has 3 aromatic rings. The van der Waals surface area contributed by atoms with Crippen molar-refractivity contribution in [2.75, 3.05) is 24.5 Å². The third-order valence-corrected chi connectivity index (χ3v) is 9.28. The summed E-state index contributed by atoms with van der Waals surface area (Å²) in [5.74, 6) is 0.688. The van der Waals surface area contributed by atoms with Crippen molar-refractivity contribution in [1.29, 1.82) is 0 Å². The normalized spacial score (nSPS) is 18.3. The van der Waals surface area contributed by atoms with Gasteiger partial charge in [0.05, 0.1) is 9.35 Å². The summed E-state index contributed by atoms with van der Waals surface area (Å²) in [6.07, 6.45) is -4.59. The van der Waals surface area contributed by atoms with E-state index in [0.29, 0.717) is 9.61 Å². The second-order valence-corrected chi connectivity index (χ2v) is 12.0. The Balaban J connectivity index is 1.62. The highest BCUT2D eigenvalue weighted by Gasteiger charge is 2.39. The summed E-state index contributed by atoms with van der Waals surface area (Å²) in [7, 11) is -3.72. The Kier molecular flexibility index (Phi) is 6.11. The van der Waals surface area contributed by atoms with Crippen molar-refractivity contribution in [2.24, 2.45) is 0 Å². The van der Waals surface area contributed by atoms with Gasteiger partial charge >= 0.3 is 6.18 Å². The van der Waals surface area contributed by atoms with Gasteiger partial charge in [-0.1, -0.05) is 0 Å². The number of hydrogen-bond donors (Lipinski definition) is 1. The zero-order valence-corrected chi connectivity index (χ0v) is 20.2. The Morgan fingerprint density at radius 3 is 2.53 bits per heavy atom. The molecule has 0 saturated carbocycles.